The lowest BCUT2D eigenvalue weighted by Crippen LogP contribution is -2.48. The van der Waals surface area contributed by atoms with Gasteiger partial charge in [0.25, 0.3) is 0 Å². The predicted molar refractivity (Wildman–Crippen MR) is 136 cm³/mol. The van der Waals surface area contributed by atoms with Crippen molar-refractivity contribution in [2.75, 3.05) is 33.0 Å². The molecule has 0 aliphatic carbocycles. The van der Waals surface area contributed by atoms with Crippen molar-refractivity contribution >= 4 is 30.2 Å². The Kier molecular flexibility index (Phi) is 10.7. The monoisotopic (exact) mass is 523 g/mol. The van der Waals surface area contributed by atoms with E-state index in [-0.39, 0.29) is 43.4 Å². The second-order valence-electron chi connectivity index (χ2n) is 9.96. The number of ether oxygens (including phenoxy) is 2. The van der Waals surface area contributed by atoms with Crippen LogP contribution in [0.3, 0.4) is 0 Å². The van der Waals surface area contributed by atoms with Crippen LogP contribution in [0, 0.1) is 11.8 Å². The number of halogens is 1. The molecule has 0 bridgehead atoms. The van der Waals surface area contributed by atoms with Gasteiger partial charge in [0.15, 0.2) is 11.5 Å². The number of nitrogens with zero attached hydrogens (tertiary/aromatic N) is 1. The summed E-state index contributed by atoms with van der Waals surface area (Å²) in [4.78, 5) is 39.1. The van der Waals surface area contributed by atoms with Crippen LogP contribution in [0.5, 0.6) is 11.5 Å². The highest BCUT2D eigenvalue weighted by Gasteiger charge is 2.30. The van der Waals surface area contributed by atoms with Crippen molar-refractivity contribution in [1.82, 2.24) is 15.5 Å². The molecule has 10 heteroatoms. The summed E-state index contributed by atoms with van der Waals surface area (Å²) < 4.78 is 10.7. The summed E-state index contributed by atoms with van der Waals surface area (Å²) in [6.07, 6.45) is 6.22. The summed E-state index contributed by atoms with van der Waals surface area (Å²) in [7, 11) is 0. The van der Waals surface area contributed by atoms with Gasteiger partial charge in [0.1, 0.15) is 0 Å². The van der Waals surface area contributed by atoms with E-state index >= 15 is 0 Å². The molecular formula is C26H38ClN3O6. The number of aryl methyl sites for hydroxylation is 1. The third-order valence-electron chi connectivity index (χ3n) is 7.30. The number of nitrogens with one attached hydrogen (secondary N) is 2. The Labute approximate surface area is 218 Å². The van der Waals surface area contributed by atoms with Gasteiger partial charge in [-0.3, -0.25) is 14.4 Å². The largest absolute Gasteiger partial charge is 0.481 e. The summed E-state index contributed by atoms with van der Waals surface area (Å²) >= 11 is 0. The quantitative estimate of drug-likeness (QED) is 0.431. The van der Waals surface area contributed by atoms with Crippen molar-refractivity contribution < 1.29 is 29.0 Å². The highest BCUT2D eigenvalue weighted by Crippen LogP contribution is 2.33. The Morgan fingerprint density at radius 2 is 2.00 bits per heavy atom. The molecule has 1 aromatic carbocycles. The molecule has 0 spiro atoms. The summed E-state index contributed by atoms with van der Waals surface area (Å²) in [6.45, 7) is 3.35. The zero-order valence-electron chi connectivity index (χ0n) is 20.7. The summed E-state index contributed by atoms with van der Waals surface area (Å²) in [5.41, 5.74) is 1.00. The van der Waals surface area contributed by atoms with E-state index in [1.165, 1.54) is 6.42 Å². The number of rotatable bonds is 10. The number of hydrogen-bond acceptors (Lipinski definition) is 6. The Morgan fingerprint density at radius 3 is 2.78 bits per heavy atom. The minimum absolute atomic E-state index is 0. The Balaban J connectivity index is 0.00000361. The molecule has 2 saturated heterocycles. The van der Waals surface area contributed by atoms with E-state index in [0.29, 0.717) is 56.2 Å². The van der Waals surface area contributed by atoms with E-state index in [9.17, 15) is 19.5 Å². The number of carbonyl (C=O) groups is 3. The zero-order chi connectivity index (χ0) is 24.6. The first-order chi connectivity index (χ1) is 17.0. The molecule has 200 valence electrons. The van der Waals surface area contributed by atoms with Crippen molar-refractivity contribution in [3.63, 3.8) is 0 Å². The maximum Gasteiger partial charge on any atom is 0.305 e. The van der Waals surface area contributed by atoms with Crippen molar-refractivity contribution in [3.8, 4) is 11.5 Å². The van der Waals surface area contributed by atoms with Crippen molar-refractivity contribution in [2.45, 2.75) is 63.8 Å². The Morgan fingerprint density at radius 1 is 1.17 bits per heavy atom. The topological polar surface area (TPSA) is 117 Å². The van der Waals surface area contributed by atoms with Gasteiger partial charge in [-0.1, -0.05) is 6.07 Å². The minimum Gasteiger partial charge on any atom is -0.481 e. The summed E-state index contributed by atoms with van der Waals surface area (Å²) in [5, 5.41) is 15.7. The molecule has 2 amide bonds. The van der Waals surface area contributed by atoms with Crippen LogP contribution in [0.25, 0.3) is 0 Å². The average Bonchev–Trinajstić information content (AvgIpc) is 3.34. The number of aliphatic carboxylic acids is 1. The van der Waals surface area contributed by atoms with Crippen LogP contribution in [0.4, 0.5) is 0 Å². The lowest BCUT2D eigenvalue weighted by molar-refractivity contribution is -0.138. The molecule has 3 aliphatic rings. The van der Waals surface area contributed by atoms with E-state index in [2.05, 4.69) is 10.6 Å². The smallest absolute Gasteiger partial charge is 0.305 e. The number of carbonyl (C=O) groups excluding carboxylic acids is 2. The van der Waals surface area contributed by atoms with Gasteiger partial charge in [-0.15, -0.1) is 12.4 Å². The fourth-order valence-corrected chi connectivity index (χ4v) is 5.27. The molecule has 1 aromatic rings. The molecule has 36 heavy (non-hydrogen) atoms. The molecule has 3 aliphatic heterocycles. The summed E-state index contributed by atoms with van der Waals surface area (Å²) in [5.74, 6) is 0.667. The number of carboxylic acid groups (broad SMARTS) is 1. The molecule has 4 rings (SSSR count). The van der Waals surface area contributed by atoms with Crippen LogP contribution in [0.1, 0.15) is 56.9 Å². The fourth-order valence-electron chi connectivity index (χ4n) is 5.27. The third-order valence-corrected chi connectivity index (χ3v) is 7.30. The van der Waals surface area contributed by atoms with Crippen molar-refractivity contribution in [3.05, 3.63) is 23.8 Å². The minimum atomic E-state index is -0.946. The number of benzene rings is 1. The Hall–Kier alpha value is -2.52. The van der Waals surface area contributed by atoms with Gasteiger partial charge < -0.3 is 30.1 Å². The lowest BCUT2D eigenvalue weighted by atomic mass is 9.93. The molecule has 3 heterocycles. The van der Waals surface area contributed by atoms with E-state index in [4.69, 9.17) is 9.47 Å². The average molecular weight is 524 g/mol. The Bertz CT molecular complexity index is 908. The molecule has 2 unspecified atom stereocenters. The maximum absolute atomic E-state index is 13.0. The maximum atomic E-state index is 13.0. The number of carboxylic acids is 1. The number of fused-ring (bicyclic) bond motifs is 1. The van der Waals surface area contributed by atoms with Crippen molar-refractivity contribution in [2.24, 2.45) is 11.8 Å². The first kappa shape index (κ1) is 28.1. The molecule has 0 radical (unpaired) electrons. The zero-order valence-corrected chi connectivity index (χ0v) is 21.5. The van der Waals surface area contributed by atoms with E-state index in [1.54, 1.807) is 0 Å². The second kappa shape index (κ2) is 13.7. The summed E-state index contributed by atoms with van der Waals surface area (Å²) in [6, 6.07) is 5.20. The molecule has 3 N–H and O–H groups in total. The van der Waals surface area contributed by atoms with Crippen LogP contribution < -0.4 is 20.1 Å². The molecular weight excluding hydrogens is 486 g/mol. The van der Waals surface area contributed by atoms with E-state index in [0.717, 1.165) is 37.9 Å². The van der Waals surface area contributed by atoms with Gasteiger partial charge in [0.2, 0.25) is 18.6 Å². The van der Waals surface area contributed by atoms with Gasteiger partial charge in [-0.25, -0.2) is 0 Å². The highest BCUT2D eigenvalue weighted by molar-refractivity contribution is 5.85. The van der Waals surface area contributed by atoms with Crippen LogP contribution in [0.2, 0.25) is 0 Å². The van der Waals surface area contributed by atoms with Crippen molar-refractivity contribution in [1.29, 1.82) is 0 Å². The van der Waals surface area contributed by atoms with Gasteiger partial charge in [0.05, 0.1) is 12.3 Å². The standard InChI is InChI=1S/C26H37N3O6.ClH/c30-24(10-7-19-3-1-11-27-15-19)29-12-2-4-20(16-29)26(33)28-21(14-25(31)32)8-5-18-6-9-22-23(13-18)35-17-34-22;/h6,9,13,19-21,27H,1-5,7-8,10-12,14-17H2,(H,28,33)(H,31,32);1H/t19?,20-,21?;/m1./s1. The van der Waals surface area contributed by atoms with Gasteiger partial charge in [0, 0.05) is 25.6 Å². The number of piperidine rings is 2. The first-order valence-corrected chi connectivity index (χ1v) is 12.9. The van der Waals surface area contributed by atoms with E-state index < -0.39 is 12.0 Å². The van der Waals surface area contributed by atoms with Crippen LogP contribution in [-0.2, 0) is 20.8 Å². The second-order valence-corrected chi connectivity index (χ2v) is 9.96. The third kappa shape index (κ3) is 8.00. The van der Waals surface area contributed by atoms with Crippen LogP contribution in [0.15, 0.2) is 18.2 Å². The number of hydrogen-bond donors (Lipinski definition) is 3. The molecule has 9 nitrogen and oxygen atoms in total. The molecule has 3 atom stereocenters. The number of likely N-dealkylation sites (tertiary alicyclic amines) is 1. The highest BCUT2D eigenvalue weighted by atomic mass is 35.5. The van der Waals surface area contributed by atoms with Gasteiger partial charge in [-0.05, 0) is 81.6 Å². The normalized spacial score (nSPS) is 21.8. The van der Waals surface area contributed by atoms with Gasteiger partial charge >= 0.3 is 5.97 Å². The van der Waals surface area contributed by atoms with Crippen LogP contribution in [-0.4, -0.2) is 66.8 Å². The molecule has 0 aromatic heterocycles. The number of amides is 2. The van der Waals surface area contributed by atoms with E-state index in [1.807, 2.05) is 23.1 Å². The van der Waals surface area contributed by atoms with Gasteiger partial charge in [-0.2, -0.15) is 0 Å². The molecule has 0 saturated carbocycles. The molecule has 2 fully saturated rings. The predicted octanol–water partition coefficient (Wildman–Crippen LogP) is 2.75. The fraction of sp³-hybridized carbons (Fsp3) is 0.654. The first-order valence-electron chi connectivity index (χ1n) is 12.9. The lowest BCUT2D eigenvalue weighted by Gasteiger charge is -2.33. The SMILES string of the molecule is Cl.O=C(O)CC(CCc1ccc2c(c1)OCO2)NC(=O)[C@@H]1CCCN(C(=O)CCC2CCCNC2)C1. The van der Waals surface area contributed by atoms with Crippen LogP contribution >= 0.6 is 12.4 Å².